The van der Waals surface area contributed by atoms with Gasteiger partial charge in [-0.25, -0.2) is 0 Å². The molecule has 4 nitrogen and oxygen atoms in total. The highest BCUT2D eigenvalue weighted by Crippen LogP contribution is 2.23. The van der Waals surface area contributed by atoms with Crippen LogP contribution in [0.4, 0.5) is 0 Å². The molecule has 1 aromatic rings. The Morgan fingerprint density at radius 1 is 1.23 bits per heavy atom. The molecule has 2 aliphatic heterocycles. The van der Waals surface area contributed by atoms with E-state index in [1.807, 2.05) is 11.0 Å². The molecular weight excluding hydrogens is 300 g/mol. The van der Waals surface area contributed by atoms with Crippen LogP contribution in [0, 0.1) is 5.92 Å². The number of aliphatic hydroxyl groups excluding tert-OH is 1. The molecule has 0 aromatic heterocycles. The van der Waals surface area contributed by atoms with Gasteiger partial charge in [-0.2, -0.15) is 0 Å². The van der Waals surface area contributed by atoms with Crippen molar-refractivity contribution < 1.29 is 9.90 Å². The summed E-state index contributed by atoms with van der Waals surface area (Å²) in [5, 5.41) is 12.6. The Morgan fingerprint density at radius 3 is 2.50 bits per heavy atom. The second kappa shape index (κ2) is 7.95. The molecule has 2 aliphatic rings. The van der Waals surface area contributed by atoms with E-state index in [2.05, 4.69) is 29.6 Å². The lowest BCUT2D eigenvalue weighted by Gasteiger charge is -2.33. The van der Waals surface area contributed by atoms with Gasteiger partial charge in [-0.3, -0.25) is 4.79 Å². The van der Waals surface area contributed by atoms with Gasteiger partial charge < -0.3 is 15.3 Å². The van der Waals surface area contributed by atoms with Crippen LogP contribution in [0.15, 0.2) is 30.3 Å². The van der Waals surface area contributed by atoms with Gasteiger partial charge in [0.05, 0.1) is 12.1 Å². The predicted octanol–water partition coefficient (Wildman–Crippen LogP) is 1.61. The fourth-order valence-electron chi connectivity index (χ4n) is 3.43. The van der Waals surface area contributed by atoms with Gasteiger partial charge in [-0.1, -0.05) is 30.3 Å². The van der Waals surface area contributed by atoms with Crippen molar-refractivity contribution in [1.29, 1.82) is 0 Å². The molecule has 0 spiro atoms. The monoisotopic (exact) mass is 324 g/mol. The Labute approximate surface area is 138 Å². The van der Waals surface area contributed by atoms with Gasteiger partial charge in [-0.05, 0) is 37.2 Å². The van der Waals surface area contributed by atoms with Gasteiger partial charge in [0.1, 0.15) is 0 Å². The van der Waals surface area contributed by atoms with Crippen LogP contribution in [-0.4, -0.2) is 47.7 Å². The van der Waals surface area contributed by atoms with Crippen LogP contribution in [0.1, 0.15) is 24.8 Å². The number of β-amino-alcohol motifs (C(OH)–C–C–N with tert-alkyl or cyclic N) is 1. The fraction of sp³-hybridized carbons (Fsp3) is 0.588. The number of piperidine rings is 1. The van der Waals surface area contributed by atoms with Crippen LogP contribution >= 0.6 is 12.4 Å². The first kappa shape index (κ1) is 17.3. The van der Waals surface area contributed by atoms with Crippen molar-refractivity contribution in [3.63, 3.8) is 0 Å². The first-order chi connectivity index (χ1) is 10.2. The lowest BCUT2D eigenvalue weighted by atomic mass is 9.90. The van der Waals surface area contributed by atoms with Crippen LogP contribution in [0.3, 0.4) is 0 Å². The maximum absolute atomic E-state index is 12.4. The molecule has 2 unspecified atom stereocenters. The molecule has 2 heterocycles. The number of rotatable bonds is 3. The summed E-state index contributed by atoms with van der Waals surface area (Å²) in [4.78, 5) is 14.3. The number of amides is 1. The minimum absolute atomic E-state index is 0. The summed E-state index contributed by atoms with van der Waals surface area (Å²) in [5.41, 5.74) is 1.39. The quantitative estimate of drug-likeness (QED) is 0.888. The number of carbonyl (C=O) groups excluding carboxylic acids is 1. The van der Waals surface area contributed by atoms with Gasteiger partial charge in [0.2, 0.25) is 5.91 Å². The molecule has 1 aromatic carbocycles. The molecule has 3 rings (SSSR count). The van der Waals surface area contributed by atoms with E-state index in [4.69, 9.17) is 0 Å². The molecule has 0 radical (unpaired) electrons. The maximum atomic E-state index is 12.4. The van der Waals surface area contributed by atoms with Crippen LogP contribution in [0.25, 0.3) is 0 Å². The Kier molecular flexibility index (Phi) is 6.24. The van der Waals surface area contributed by atoms with Crippen molar-refractivity contribution >= 4 is 18.3 Å². The average molecular weight is 325 g/mol. The van der Waals surface area contributed by atoms with Crippen LogP contribution in [-0.2, 0) is 11.2 Å². The third kappa shape index (κ3) is 4.22. The van der Waals surface area contributed by atoms with Gasteiger partial charge in [0.15, 0.2) is 0 Å². The third-order valence-electron chi connectivity index (χ3n) is 4.70. The molecule has 0 aliphatic carbocycles. The lowest BCUT2D eigenvalue weighted by molar-refractivity contribution is -0.134. The highest BCUT2D eigenvalue weighted by Gasteiger charge is 2.32. The van der Waals surface area contributed by atoms with E-state index in [1.54, 1.807) is 0 Å². The maximum Gasteiger partial charge on any atom is 0.239 e. The summed E-state index contributed by atoms with van der Waals surface area (Å²) >= 11 is 0. The summed E-state index contributed by atoms with van der Waals surface area (Å²) in [5.74, 6) is 0.850. The van der Waals surface area contributed by atoms with E-state index in [1.165, 1.54) is 5.56 Å². The van der Waals surface area contributed by atoms with Gasteiger partial charge >= 0.3 is 0 Å². The van der Waals surface area contributed by atoms with Crippen molar-refractivity contribution in [1.82, 2.24) is 10.2 Å². The minimum Gasteiger partial charge on any atom is -0.392 e. The SMILES string of the molecule is Cl.O=C(C1CC(O)CN1)N1CCC(Cc2ccccc2)CC1. The summed E-state index contributed by atoms with van der Waals surface area (Å²) in [7, 11) is 0. The number of hydrogen-bond donors (Lipinski definition) is 2. The first-order valence-corrected chi connectivity index (χ1v) is 7.96. The summed E-state index contributed by atoms with van der Waals surface area (Å²) in [6.07, 6.45) is 3.47. The zero-order valence-corrected chi connectivity index (χ0v) is 13.6. The fourth-order valence-corrected chi connectivity index (χ4v) is 3.43. The Hall–Kier alpha value is -1.10. The normalized spacial score (nSPS) is 25.8. The third-order valence-corrected chi connectivity index (χ3v) is 4.70. The van der Waals surface area contributed by atoms with Crippen molar-refractivity contribution in [2.75, 3.05) is 19.6 Å². The molecule has 22 heavy (non-hydrogen) atoms. The number of hydrogen-bond acceptors (Lipinski definition) is 3. The van der Waals surface area contributed by atoms with Crippen LogP contribution < -0.4 is 5.32 Å². The summed E-state index contributed by atoms with van der Waals surface area (Å²) in [6, 6.07) is 10.4. The molecule has 2 fully saturated rings. The Balaban J connectivity index is 0.00000176. The number of carbonyl (C=O) groups is 1. The standard InChI is InChI=1S/C17H24N2O2.ClH/c20-15-11-16(18-12-15)17(21)19-8-6-14(7-9-19)10-13-4-2-1-3-5-13;/h1-5,14-16,18,20H,6-12H2;1H. The lowest BCUT2D eigenvalue weighted by Crippen LogP contribution is -2.47. The second-order valence-corrected chi connectivity index (χ2v) is 6.31. The van der Waals surface area contributed by atoms with E-state index < -0.39 is 0 Å². The molecule has 2 N–H and O–H groups in total. The molecular formula is C17H25ClN2O2. The molecule has 0 saturated carbocycles. The number of aliphatic hydroxyl groups is 1. The van der Waals surface area contributed by atoms with E-state index in [0.29, 0.717) is 18.9 Å². The minimum atomic E-state index is -0.366. The smallest absolute Gasteiger partial charge is 0.239 e. The van der Waals surface area contributed by atoms with Crippen LogP contribution in [0.2, 0.25) is 0 Å². The predicted molar refractivity (Wildman–Crippen MR) is 89.1 cm³/mol. The second-order valence-electron chi connectivity index (χ2n) is 6.31. The van der Waals surface area contributed by atoms with E-state index in [0.717, 1.165) is 32.4 Å². The van der Waals surface area contributed by atoms with Crippen molar-refractivity contribution in [2.24, 2.45) is 5.92 Å². The van der Waals surface area contributed by atoms with E-state index >= 15 is 0 Å². The molecule has 5 heteroatoms. The van der Waals surface area contributed by atoms with Gasteiger partial charge in [0, 0.05) is 19.6 Å². The number of nitrogens with zero attached hydrogens (tertiary/aromatic N) is 1. The molecule has 122 valence electrons. The summed E-state index contributed by atoms with van der Waals surface area (Å²) < 4.78 is 0. The number of benzene rings is 1. The number of likely N-dealkylation sites (tertiary alicyclic amines) is 1. The Bertz CT molecular complexity index is 475. The molecule has 0 bridgehead atoms. The van der Waals surface area contributed by atoms with E-state index in [-0.39, 0.29) is 30.5 Å². The molecule has 2 saturated heterocycles. The molecule has 1 amide bonds. The largest absolute Gasteiger partial charge is 0.392 e. The van der Waals surface area contributed by atoms with Crippen molar-refractivity contribution in [2.45, 2.75) is 37.8 Å². The zero-order chi connectivity index (χ0) is 14.7. The highest BCUT2D eigenvalue weighted by molar-refractivity contribution is 5.85. The molecule has 2 atom stereocenters. The zero-order valence-electron chi connectivity index (χ0n) is 12.8. The topological polar surface area (TPSA) is 52.6 Å². The van der Waals surface area contributed by atoms with Crippen molar-refractivity contribution in [3.05, 3.63) is 35.9 Å². The highest BCUT2D eigenvalue weighted by atomic mass is 35.5. The van der Waals surface area contributed by atoms with Gasteiger partial charge in [-0.15, -0.1) is 12.4 Å². The average Bonchev–Trinajstić information content (AvgIpc) is 2.95. The number of nitrogens with one attached hydrogen (secondary N) is 1. The van der Waals surface area contributed by atoms with E-state index in [9.17, 15) is 9.90 Å². The van der Waals surface area contributed by atoms with Crippen LogP contribution in [0.5, 0.6) is 0 Å². The number of halogens is 1. The van der Waals surface area contributed by atoms with Gasteiger partial charge in [0.25, 0.3) is 0 Å². The van der Waals surface area contributed by atoms with Crippen molar-refractivity contribution in [3.8, 4) is 0 Å². The Morgan fingerprint density at radius 2 is 1.91 bits per heavy atom. The first-order valence-electron chi connectivity index (χ1n) is 7.96. The summed E-state index contributed by atoms with van der Waals surface area (Å²) in [6.45, 7) is 2.25.